The molecular weight excluding hydrogens is 271 g/mol. The van der Waals surface area contributed by atoms with Crippen LogP contribution in [-0.2, 0) is 4.74 Å². The molecule has 0 fully saturated rings. The number of fused-ring (bicyclic) bond motifs is 1. The molecule has 2 aromatic heterocycles. The molecule has 0 aliphatic rings. The van der Waals surface area contributed by atoms with Crippen molar-refractivity contribution in [2.24, 2.45) is 0 Å². The van der Waals surface area contributed by atoms with Gasteiger partial charge in [0.05, 0.1) is 21.2 Å². The van der Waals surface area contributed by atoms with Gasteiger partial charge in [0.15, 0.2) is 5.69 Å². The summed E-state index contributed by atoms with van der Waals surface area (Å²) in [5.41, 5.74) is 0.715. The summed E-state index contributed by atoms with van der Waals surface area (Å²) in [5.74, 6) is -0.518. The molecule has 0 aliphatic carbocycles. The number of aromatic nitrogens is 2. The second kappa shape index (κ2) is 4.53. The number of rotatable bonds is 2. The lowest BCUT2D eigenvalue weighted by Crippen LogP contribution is -2.07. The van der Waals surface area contributed by atoms with E-state index in [0.29, 0.717) is 14.6 Å². The molecule has 0 saturated heterocycles. The second-order valence-corrected chi connectivity index (χ2v) is 4.85. The summed E-state index contributed by atoms with van der Waals surface area (Å²) in [6.45, 7) is 2.00. The normalized spacial score (nSPS) is 10.7. The smallest absolute Gasteiger partial charge is 0.358 e. The van der Waals surface area contributed by atoms with Crippen molar-refractivity contribution in [1.29, 1.82) is 0 Å². The van der Waals surface area contributed by atoms with Crippen molar-refractivity contribution < 1.29 is 9.53 Å². The number of thiophene rings is 1. The van der Waals surface area contributed by atoms with Crippen LogP contribution in [0, 0.1) is 0 Å². The highest BCUT2D eigenvalue weighted by molar-refractivity contribution is 7.22. The summed E-state index contributed by atoms with van der Waals surface area (Å²) >= 11 is 12.8. The highest BCUT2D eigenvalue weighted by Gasteiger charge is 2.17. The molecule has 0 bridgehead atoms. The lowest BCUT2D eigenvalue weighted by Gasteiger charge is -2.01. The molecule has 2 rings (SSSR count). The molecule has 7 heteroatoms. The summed E-state index contributed by atoms with van der Waals surface area (Å²) in [7, 11) is 0. The van der Waals surface area contributed by atoms with Crippen LogP contribution in [0.1, 0.15) is 17.4 Å². The zero-order valence-electron chi connectivity index (χ0n) is 8.16. The molecule has 2 heterocycles. The minimum Gasteiger partial charge on any atom is -0.461 e. The largest absolute Gasteiger partial charge is 0.461 e. The van der Waals surface area contributed by atoms with Gasteiger partial charge in [0, 0.05) is 0 Å². The fraction of sp³-hybridized carbons (Fsp3) is 0.222. The van der Waals surface area contributed by atoms with Crippen molar-refractivity contribution in [2.75, 3.05) is 6.61 Å². The summed E-state index contributed by atoms with van der Waals surface area (Å²) in [4.78, 5) is 19.4. The van der Waals surface area contributed by atoms with Crippen LogP contribution >= 0.6 is 34.5 Å². The lowest BCUT2D eigenvalue weighted by molar-refractivity contribution is 0.0522. The van der Waals surface area contributed by atoms with Gasteiger partial charge in [0.1, 0.15) is 0 Å². The van der Waals surface area contributed by atoms with Gasteiger partial charge in [-0.1, -0.05) is 11.6 Å². The van der Waals surface area contributed by atoms with Gasteiger partial charge in [-0.15, -0.1) is 11.3 Å². The third-order valence-electron chi connectivity index (χ3n) is 1.78. The van der Waals surface area contributed by atoms with Gasteiger partial charge in [-0.25, -0.2) is 14.8 Å². The van der Waals surface area contributed by atoms with Gasteiger partial charge < -0.3 is 4.74 Å². The molecule has 0 unspecified atom stereocenters. The van der Waals surface area contributed by atoms with E-state index in [1.807, 2.05) is 0 Å². The van der Waals surface area contributed by atoms with Crippen LogP contribution in [0.5, 0.6) is 0 Å². The Bertz CT molecular complexity index is 556. The first kappa shape index (κ1) is 11.6. The summed E-state index contributed by atoms with van der Waals surface area (Å²) in [5, 5.41) is 0.00465. The van der Waals surface area contributed by atoms with Crippen LogP contribution in [0.3, 0.4) is 0 Å². The van der Waals surface area contributed by atoms with Crippen molar-refractivity contribution in [2.45, 2.75) is 6.92 Å². The van der Waals surface area contributed by atoms with Gasteiger partial charge in [-0.2, -0.15) is 0 Å². The number of hydrogen-bond donors (Lipinski definition) is 0. The molecule has 0 N–H and O–H groups in total. The number of carbonyl (C=O) groups is 1. The quantitative estimate of drug-likeness (QED) is 0.625. The van der Waals surface area contributed by atoms with E-state index in [1.54, 1.807) is 13.0 Å². The van der Waals surface area contributed by atoms with Crippen LogP contribution in [0.25, 0.3) is 10.2 Å². The molecule has 0 aromatic carbocycles. The van der Waals surface area contributed by atoms with Gasteiger partial charge >= 0.3 is 5.97 Å². The molecule has 16 heavy (non-hydrogen) atoms. The molecule has 0 radical (unpaired) electrons. The first-order chi connectivity index (χ1) is 7.61. The van der Waals surface area contributed by atoms with E-state index in [2.05, 4.69) is 9.97 Å². The maximum absolute atomic E-state index is 11.6. The summed E-state index contributed by atoms with van der Waals surface area (Å²) in [6, 6.07) is 1.64. The van der Waals surface area contributed by atoms with Gasteiger partial charge in [-0.3, -0.25) is 0 Å². The second-order valence-electron chi connectivity index (χ2n) is 2.83. The van der Waals surface area contributed by atoms with Crippen LogP contribution < -0.4 is 0 Å². The Morgan fingerprint density at radius 2 is 2.25 bits per heavy atom. The zero-order valence-corrected chi connectivity index (χ0v) is 10.5. The van der Waals surface area contributed by atoms with Crippen LogP contribution in [0.2, 0.25) is 9.62 Å². The van der Waals surface area contributed by atoms with Gasteiger partial charge in [0.25, 0.3) is 0 Å². The number of nitrogens with zero attached hydrogens (tertiary/aromatic N) is 2. The Labute approximate surface area is 105 Å². The number of hydrogen-bond acceptors (Lipinski definition) is 5. The Morgan fingerprint density at radius 3 is 2.94 bits per heavy atom. The first-order valence-corrected chi connectivity index (χ1v) is 5.98. The van der Waals surface area contributed by atoms with Crippen molar-refractivity contribution >= 4 is 50.7 Å². The molecular formula is C9H6Cl2N2O2S. The summed E-state index contributed by atoms with van der Waals surface area (Å²) in [6.07, 6.45) is 0. The standard InChI is InChI=1S/C9H6Cl2N2O2S/c1-2-15-8(14)6-7-4(3-5(10)16-7)12-9(11)13-6/h3H,2H2,1H3. The lowest BCUT2D eigenvalue weighted by atomic mass is 10.3. The first-order valence-electron chi connectivity index (χ1n) is 4.41. The fourth-order valence-corrected chi connectivity index (χ4v) is 2.52. The Kier molecular flexibility index (Phi) is 3.28. The van der Waals surface area contributed by atoms with Crippen molar-refractivity contribution in [3.05, 3.63) is 21.4 Å². The van der Waals surface area contributed by atoms with E-state index < -0.39 is 5.97 Å². The van der Waals surface area contributed by atoms with Crippen LogP contribution in [0.15, 0.2) is 6.07 Å². The van der Waals surface area contributed by atoms with Gasteiger partial charge in [0.2, 0.25) is 5.28 Å². The topological polar surface area (TPSA) is 52.1 Å². The van der Waals surface area contributed by atoms with Crippen molar-refractivity contribution in [1.82, 2.24) is 9.97 Å². The molecule has 0 amide bonds. The third kappa shape index (κ3) is 2.11. The molecule has 0 saturated carbocycles. The van der Waals surface area contributed by atoms with E-state index in [-0.39, 0.29) is 17.6 Å². The van der Waals surface area contributed by atoms with E-state index in [0.717, 1.165) is 0 Å². The number of carbonyl (C=O) groups excluding carboxylic acids is 1. The predicted octanol–water partition coefficient (Wildman–Crippen LogP) is 3.17. The number of halogens is 2. The fourth-order valence-electron chi connectivity index (χ4n) is 1.21. The van der Waals surface area contributed by atoms with E-state index in [1.165, 1.54) is 11.3 Å². The Morgan fingerprint density at radius 1 is 1.50 bits per heavy atom. The summed E-state index contributed by atoms with van der Waals surface area (Å²) < 4.78 is 5.99. The van der Waals surface area contributed by atoms with Crippen molar-refractivity contribution in [3.63, 3.8) is 0 Å². The van der Waals surface area contributed by atoms with Gasteiger partial charge in [-0.05, 0) is 24.6 Å². The number of esters is 1. The zero-order chi connectivity index (χ0) is 11.7. The monoisotopic (exact) mass is 276 g/mol. The van der Waals surface area contributed by atoms with E-state index >= 15 is 0 Å². The predicted molar refractivity (Wildman–Crippen MR) is 63.4 cm³/mol. The number of ether oxygens (including phenoxy) is 1. The minimum absolute atomic E-state index is 0.00465. The maximum Gasteiger partial charge on any atom is 0.358 e. The molecule has 0 spiro atoms. The SMILES string of the molecule is CCOC(=O)c1nc(Cl)nc2cc(Cl)sc12. The average Bonchev–Trinajstić information content (AvgIpc) is 2.57. The third-order valence-corrected chi connectivity index (χ3v) is 3.21. The maximum atomic E-state index is 11.6. The molecule has 0 atom stereocenters. The highest BCUT2D eigenvalue weighted by Crippen LogP contribution is 2.31. The highest BCUT2D eigenvalue weighted by atomic mass is 35.5. The van der Waals surface area contributed by atoms with E-state index in [4.69, 9.17) is 27.9 Å². The van der Waals surface area contributed by atoms with E-state index in [9.17, 15) is 4.79 Å². The Balaban J connectivity index is 2.62. The molecule has 4 nitrogen and oxygen atoms in total. The minimum atomic E-state index is -0.518. The molecule has 84 valence electrons. The Hall–Kier alpha value is -0.910. The molecule has 0 aliphatic heterocycles. The van der Waals surface area contributed by atoms with Crippen LogP contribution in [0.4, 0.5) is 0 Å². The average molecular weight is 277 g/mol. The van der Waals surface area contributed by atoms with Crippen LogP contribution in [-0.4, -0.2) is 22.5 Å². The molecule has 2 aromatic rings. The van der Waals surface area contributed by atoms with Crippen molar-refractivity contribution in [3.8, 4) is 0 Å².